The van der Waals surface area contributed by atoms with Crippen LogP contribution in [0.2, 0.25) is 0 Å². The van der Waals surface area contributed by atoms with E-state index in [0.717, 1.165) is 29.3 Å². The maximum atomic E-state index is 12.1. The summed E-state index contributed by atoms with van der Waals surface area (Å²) < 4.78 is 5.36. The summed E-state index contributed by atoms with van der Waals surface area (Å²) in [7, 11) is 1.59. The normalized spacial score (nSPS) is 11.4. The van der Waals surface area contributed by atoms with Gasteiger partial charge in [-0.05, 0) is 18.6 Å². The minimum atomic E-state index is -0.0429. The van der Waals surface area contributed by atoms with E-state index >= 15 is 0 Å². The Bertz CT molecular complexity index is 850. The van der Waals surface area contributed by atoms with Gasteiger partial charge in [0.2, 0.25) is 11.8 Å². The zero-order valence-corrected chi connectivity index (χ0v) is 21.5. The number of methoxy groups -OCH3 is 1. The van der Waals surface area contributed by atoms with Gasteiger partial charge in [0.05, 0.1) is 24.4 Å². The monoisotopic (exact) mass is 467 g/mol. The van der Waals surface area contributed by atoms with Crippen molar-refractivity contribution in [1.29, 1.82) is 0 Å². The van der Waals surface area contributed by atoms with Crippen LogP contribution >= 0.6 is 0 Å². The van der Waals surface area contributed by atoms with Crippen molar-refractivity contribution in [1.82, 2.24) is 10.4 Å². The number of benzene rings is 1. The molecule has 0 radical (unpaired) electrons. The molecule has 1 heterocycles. The Morgan fingerprint density at radius 2 is 1.44 bits per heavy atom. The molecule has 188 valence electrons. The molecule has 0 bridgehead atoms. The van der Waals surface area contributed by atoms with Crippen molar-refractivity contribution in [2.45, 2.75) is 110 Å². The van der Waals surface area contributed by atoms with Crippen molar-refractivity contribution < 1.29 is 9.53 Å². The quantitative estimate of drug-likeness (QED) is 0.129. The zero-order valence-electron chi connectivity index (χ0n) is 21.5. The van der Waals surface area contributed by atoms with Crippen molar-refractivity contribution >= 4 is 23.0 Å². The predicted molar refractivity (Wildman–Crippen MR) is 144 cm³/mol. The maximum Gasteiger partial charge on any atom is 0.240 e. The van der Waals surface area contributed by atoms with Crippen molar-refractivity contribution in [3.63, 3.8) is 0 Å². The predicted octanol–water partition coefficient (Wildman–Crippen LogP) is 7.96. The molecule has 0 unspecified atom stereocenters. The average molecular weight is 468 g/mol. The summed E-state index contributed by atoms with van der Waals surface area (Å²) in [5.74, 6) is 0.456. The van der Waals surface area contributed by atoms with Crippen LogP contribution in [0.1, 0.15) is 115 Å². The summed E-state index contributed by atoms with van der Waals surface area (Å²) in [4.78, 5) is 16.5. The van der Waals surface area contributed by atoms with Crippen molar-refractivity contribution in [2.75, 3.05) is 7.11 Å². The summed E-state index contributed by atoms with van der Waals surface area (Å²) >= 11 is 0. The van der Waals surface area contributed by atoms with Gasteiger partial charge in [-0.25, -0.2) is 10.4 Å². The van der Waals surface area contributed by atoms with E-state index in [1.165, 1.54) is 83.5 Å². The molecule has 5 nitrogen and oxygen atoms in total. The number of para-hydroxylation sites is 1. The molecule has 1 amide bonds. The maximum absolute atomic E-state index is 12.1. The molecule has 34 heavy (non-hydrogen) atoms. The van der Waals surface area contributed by atoms with Crippen LogP contribution in [0.3, 0.4) is 0 Å². The molecular weight excluding hydrogens is 422 g/mol. The minimum absolute atomic E-state index is 0.0429. The van der Waals surface area contributed by atoms with E-state index in [1.807, 2.05) is 30.3 Å². The third-order valence-electron chi connectivity index (χ3n) is 6.31. The Morgan fingerprint density at radius 3 is 2.03 bits per heavy atom. The largest absolute Gasteiger partial charge is 0.481 e. The number of pyridine rings is 1. The molecule has 0 aliphatic rings. The summed E-state index contributed by atoms with van der Waals surface area (Å²) in [6, 6.07) is 9.81. The molecule has 5 heteroatoms. The van der Waals surface area contributed by atoms with E-state index in [4.69, 9.17) is 4.74 Å². The molecule has 1 aromatic heterocycles. The lowest BCUT2D eigenvalue weighted by Crippen LogP contribution is -2.17. The lowest BCUT2D eigenvalue weighted by molar-refractivity contribution is -0.121. The summed E-state index contributed by atoms with van der Waals surface area (Å²) in [5, 5.41) is 5.11. The van der Waals surface area contributed by atoms with Crippen LogP contribution in [0.25, 0.3) is 10.9 Å². The van der Waals surface area contributed by atoms with Crippen molar-refractivity contribution in [2.24, 2.45) is 5.10 Å². The number of fused-ring (bicyclic) bond motifs is 1. The van der Waals surface area contributed by atoms with E-state index in [-0.39, 0.29) is 5.91 Å². The van der Waals surface area contributed by atoms with Gasteiger partial charge in [0.25, 0.3) is 0 Å². The van der Waals surface area contributed by atoms with Crippen LogP contribution in [0.5, 0.6) is 5.88 Å². The number of rotatable bonds is 19. The van der Waals surface area contributed by atoms with Crippen LogP contribution in [0, 0.1) is 0 Å². The highest BCUT2D eigenvalue weighted by atomic mass is 16.5. The van der Waals surface area contributed by atoms with Gasteiger partial charge < -0.3 is 4.74 Å². The smallest absolute Gasteiger partial charge is 0.240 e. The van der Waals surface area contributed by atoms with Gasteiger partial charge in [0, 0.05) is 11.8 Å². The van der Waals surface area contributed by atoms with Gasteiger partial charge in [-0.3, -0.25) is 4.79 Å². The molecule has 2 rings (SSSR count). The highest BCUT2D eigenvalue weighted by molar-refractivity contribution is 5.91. The number of aromatic nitrogens is 1. The molecule has 0 aliphatic heterocycles. The number of unbranched alkanes of at least 4 members (excludes halogenated alkanes) is 14. The van der Waals surface area contributed by atoms with Crippen LogP contribution in [0.4, 0.5) is 0 Å². The summed E-state index contributed by atoms with van der Waals surface area (Å²) in [5.41, 5.74) is 4.24. The second-order valence-corrected chi connectivity index (χ2v) is 9.27. The third-order valence-corrected chi connectivity index (χ3v) is 6.31. The van der Waals surface area contributed by atoms with E-state index < -0.39 is 0 Å². The Balaban J connectivity index is 1.47. The molecule has 0 saturated heterocycles. The molecule has 0 atom stereocenters. The van der Waals surface area contributed by atoms with E-state index in [9.17, 15) is 4.79 Å². The lowest BCUT2D eigenvalue weighted by atomic mass is 10.0. The number of carbonyl (C=O) groups excluding carboxylic acids is 1. The first-order valence-corrected chi connectivity index (χ1v) is 13.5. The number of hydrogen-bond acceptors (Lipinski definition) is 4. The number of nitrogens with zero attached hydrogens (tertiary/aromatic N) is 2. The van der Waals surface area contributed by atoms with Crippen LogP contribution < -0.4 is 10.2 Å². The van der Waals surface area contributed by atoms with Crippen molar-refractivity contribution in [3.05, 3.63) is 35.9 Å². The van der Waals surface area contributed by atoms with Gasteiger partial charge in [-0.1, -0.05) is 115 Å². The van der Waals surface area contributed by atoms with Gasteiger partial charge in [-0.2, -0.15) is 5.10 Å². The second-order valence-electron chi connectivity index (χ2n) is 9.27. The zero-order chi connectivity index (χ0) is 24.3. The first kappa shape index (κ1) is 27.8. The number of nitrogens with one attached hydrogen (secondary N) is 1. The Kier molecular flexibility index (Phi) is 14.7. The number of ether oxygens (including phenoxy) is 1. The molecule has 0 saturated carbocycles. The van der Waals surface area contributed by atoms with Gasteiger partial charge >= 0.3 is 0 Å². The molecule has 1 N–H and O–H groups in total. The summed E-state index contributed by atoms with van der Waals surface area (Å²) in [6.07, 6.45) is 21.9. The minimum Gasteiger partial charge on any atom is -0.481 e. The van der Waals surface area contributed by atoms with Gasteiger partial charge in [0.15, 0.2) is 0 Å². The molecule has 0 aliphatic carbocycles. The number of carbonyl (C=O) groups is 1. The highest BCUT2D eigenvalue weighted by Crippen LogP contribution is 2.20. The fraction of sp³-hybridized carbons (Fsp3) is 0.621. The van der Waals surface area contributed by atoms with Crippen LogP contribution in [-0.4, -0.2) is 24.2 Å². The van der Waals surface area contributed by atoms with E-state index in [1.54, 1.807) is 13.3 Å². The SMILES string of the molecule is CCCCCCCCCCCCCCCCCC(=O)N/N=C\c1cc2ccccc2nc1OC. The average Bonchev–Trinajstić information content (AvgIpc) is 2.86. The Morgan fingerprint density at radius 1 is 0.882 bits per heavy atom. The van der Waals surface area contributed by atoms with Gasteiger partial charge in [-0.15, -0.1) is 0 Å². The fourth-order valence-corrected chi connectivity index (χ4v) is 4.26. The first-order chi connectivity index (χ1) is 16.7. The molecule has 2 aromatic rings. The Labute approximate surface area is 206 Å². The van der Waals surface area contributed by atoms with E-state index in [2.05, 4.69) is 22.4 Å². The second kappa shape index (κ2) is 18.0. The highest BCUT2D eigenvalue weighted by Gasteiger charge is 2.06. The molecular formula is C29H45N3O2. The molecule has 0 spiro atoms. The van der Waals surface area contributed by atoms with E-state index in [0.29, 0.717) is 12.3 Å². The first-order valence-electron chi connectivity index (χ1n) is 13.5. The standard InChI is InChI=1S/C29H45N3O2/c1-3-4-5-6-7-8-9-10-11-12-13-14-15-16-17-22-28(33)32-30-24-26-23-25-20-18-19-21-27(25)31-29(26)34-2/h18-21,23-24H,3-17,22H2,1-2H3,(H,32,33)/b30-24-. The third kappa shape index (κ3) is 11.6. The lowest BCUT2D eigenvalue weighted by Gasteiger charge is -2.06. The van der Waals surface area contributed by atoms with Crippen LogP contribution in [0.15, 0.2) is 35.4 Å². The van der Waals surface area contributed by atoms with Crippen molar-refractivity contribution in [3.8, 4) is 5.88 Å². The Hall–Kier alpha value is -2.43. The molecule has 0 fully saturated rings. The van der Waals surface area contributed by atoms with Gasteiger partial charge in [0.1, 0.15) is 0 Å². The molecule has 1 aromatic carbocycles. The topological polar surface area (TPSA) is 63.6 Å². The fourth-order valence-electron chi connectivity index (χ4n) is 4.26. The number of amides is 1. The number of hydrazone groups is 1. The number of hydrogen-bond donors (Lipinski definition) is 1. The summed E-state index contributed by atoms with van der Waals surface area (Å²) in [6.45, 7) is 2.28. The van der Waals surface area contributed by atoms with Crippen LogP contribution in [-0.2, 0) is 4.79 Å².